The van der Waals surface area contributed by atoms with Gasteiger partial charge in [0, 0.05) is 12.7 Å². The average molecular weight is 186 g/mol. The van der Waals surface area contributed by atoms with Gasteiger partial charge in [0.1, 0.15) is 12.8 Å². The van der Waals surface area contributed by atoms with Crippen LogP contribution >= 0.6 is 0 Å². The van der Waals surface area contributed by atoms with Crippen molar-refractivity contribution < 1.29 is 9.50 Å². The number of nitrogens with zero attached hydrogens (tertiary/aromatic N) is 2. The van der Waals surface area contributed by atoms with Gasteiger partial charge >= 0.3 is 0 Å². The third-order valence-electron chi connectivity index (χ3n) is 1.78. The topological polar surface area (TPSA) is 38.0 Å². The molecule has 0 bridgehead atoms. The summed E-state index contributed by atoms with van der Waals surface area (Å²) in [5.41, 5.74) is 0.552. The maximum absolute atomic E-state index is 12.2. The normalized spacial score (nSPS) is 13.6. The van der Waals surface area contributed by atoms with Crippen LogP contribution in [0.25, 0.3) is 0 Å². The second-order valence-electron chi connectivity index (χ2n) is 3.50. The molecule has 1 atom stereocenters. The molecule has 4 heteroatoms. The Hall–Kier alpha value is -0.900. The summed E-state index contributed by atoms with van der Waals surface area (Å²) in [4.78, 5) is 0. The van der Waals surface area contributed by atoms with Crippen LogP contribution in [0.1, 0.15) is 25.6 Å². The fourth-order valence-electron chi connectivity index (χ4n) is 1.20. The van der Waals surface area contributed by atoms with Gasteiger partial charge in [-0.2, -0.15) is 5.10 Å². The van der Waals surface area contributed by atoms with Gasteiger partial charge in [-0.1, -0.05) is 13.8 Å². The van der Waals surface area contributed by atoms with Gasteiger partial charge in [-0.3, -0.25) is 4.68 Å². The zero-order valence-electron chi connectivity index (χ0n) is 7.94. The van der Waals surface area contributed by atoms with E-state index in [1.54, 1.807) is 16.9 Å². The van der Waals surface area contributed by atoms with Gasteiger partial charge in [0.05, 0.1) is 5.69 Å². The predicted molar refractivity (Wildman–Crippen MR) is 48.0 cm³/mol. The van der Waals surface area contributed by atoms with Gasteiger partial charge in [0.15, 0.2) is 0 Å². The van der Waals surface area contributed by atoms with E-state index in [0.717, 1.165) is 0 Å². The maximum Gasteiger partial charge on any atom is 0.124 e. The van der Waals surface area contributed by atoms with Crippen LogP contribution in [0.4, 0.5) is 4.39 Å². The zero-order valence-corrected chi connectivity index (χ0v) is 7.94. The Labute approximate surface area is 77.2 Å². The van der Waals surface area contributed by atoms with E-state index in [1.165, 1.54) is 0 Å². The Balaban J connectivity index is 2.76. The molecular weight excluding hydrogens is 171 g/mol. The quantitative estimate of drug-likeness (QED) is 0.774. The van der Waals surface area contributed by atoms with Gasteiger partial charge in [-0.05, 0) is 12.0 Å². The molecule has 0 aromatic carbocycles. The van der Waals surface area contributed by atoms with E-state index in [1.807, 2.05) is 13.8 Å². The number of aliphatic hydroxyl groups is 1. The minimum atomic E-state index is -1.04. The lowest BCUT2D eigenvalue weighted by atomic mass is 10.2. The molecule has 3 nitrogen and oxygen atoms in total. The molecule has 13 heavy (non-hydrogen) atoms. The van der Waals surface area contributed by atoms with Crippen molar-refractivity contribution in [3.8, 4) is 0 Å². The molecular formula is C9H15FN2O. The van der Waals surface area contributed by atoms with E-state index in [2.05, 4.69) is 5.10 Å². The van der Waals surface area contributed by atoms with Crippen molar-refractivity contribution in [2.24, 2.45) is 5.92 Å². The van der Waals surface area contributed by atoms with Gasteiger partial charge in [0.25, 0.3) is 0 Å². The molecule has 0 aliphatic heterocycles. The van der Waals surface area contributed by atoms with Crippen LogP contribution in [-0.4, -0.2) is 21.6 Å². The molecule has 74 valence electrons. The molecule has 1 heterocycles. The number of hydrogen-bond donors (Lipinski definition) is 1. The first-order chi connectivity index (χ1) is 6.15. The van der Waals surface area contributed by atoms with Crippen LogP contribution in [0.5, 0.6) is 0 Å². The van der Waals surface area contributed by atoms with Crippen LogP contribution in [0.2, 0.25) is 0 Å². The Morgan fingerprint density at radius 2 is 2.31 bits per heavy atom. The highest BCUT2D eigenvalue weighted by molar-refractivity contribution is 5.04. The highest BCUT2D eigenvalue weighted by Crippen LogP contribution is 2.13. The van der Waals surface area contributed by atoms with Gasteiger partial charge in [-0.15, -0.1) is 0 Å². The van der Waals surface area contributed by atoms with E-state index in [-0.39, 0.29) is 0 Å². The molecule has 1 rings (SSSR count). The minimum absolute atomic E-state index is 0.436. The highest BCUT2D eigenvalue weighted by Gasteiger charge is 2.12. The summed E-state index contributed by atoms with van der Waals surface area (Å²) in [6, 6.07) is 1.65. The first-order valence-electron chi connectivity index (χ1n) is 4.41. The number of aromatic nitrogens is 2. The molecule has 0 aliphatic carbocycles. The van der Waals surface area contributed by atoms with Crippen molar-refractivity contribution in [3.63, 3.8) is 0 Å². The summed E-state index contributed by atoms with van der Waals surface area (Å²) in [7, 11) is 0. The minimum Gasteiger partial charge on any atom is -0.384 e. The van der Waals surface area contributed by atoms with E-state index in [0.29, 0.717) is 18.2 Å². The first-order valence-corrected chi connectivity index (χ1v) is 4.41. The van der Waals surface area contributed by atoms with Crippen molar-refractivity contribution in [3.05, 3.63) is 18.0 Å². The number of rotatable bonds is 4. The van der Waals surface area contributed by atoms with Crippen LogP contribution in [0.15, 0.2) is 12.3 Å². The largest absolute Gasteiger partial charge is 0.384 e. The summed E-state index contributed by atoms with van der Waals surface area (Å²) in [6.07, 6.45) is 0.539. The van der Waals surface area contributed by atoms with Crippen molar-refractivity contribution in [2.45, 2.75) is 26.5 Å². The van der Waals surface area contributed by atoms with Crippen LogP contribution < -0.4 is 0 Å². The molecule has 0 radical (unpaired) electrons. The molecule has 1 unspecified atom stereocenters. The summed E-state index contributed by atoms with van der Waals surface area (Å²) in [5.74, 6) is 0.436. The summed E-state index contributed by atoms with van der Waals surface area (Å²) >= 11 is 0. The van der Waals surface area contributed by atoms with Crippen molar-refractivity contribution in [1.82, 2.24) is 9.78 Å². The average Bonchev–Trinajstić information content (AvgIpc) is 2.50. The molecule has 0 saturated heterocycles. The Morgan fingerprint density at radius 1 is 1.62 bits per heavy atom. The molecule has 0 fully saturated rings. The Morgan fingerprint density at radius 3 is 2.85 bits per heavy atom. The Kier molecular flexibility index (Phi) is 3.42. The van der Waals surface area contributed by atoms with Gasteiger partial charge < -0.3 is 5.11 Å². The molecule has 0 spiro atoms. The fourth-order valence-corrected chi connectivity index (χ4v) is 1.20. The number of aliphatic hydroxyl groups excluding tert-OH is 1. The van der Waals surface area contributed by atoms with E-state index >= 15 is 0 Å². The summed E-state index contributed by atoms with van der Waals surface area (Å²) in [6.45, 7) is 4.05. The van der Waals surface area contributed by atoms with Crippen molar-refractivity contribution >= 4 is 0 Å². The molecule has 1 aromatic heterocycles. The lowest BCUT2D eigenvalue weighted by Gasteiger charge is -2.12. The summed E-state index contributed by atoms with van der Waals surface area (Å²) in [5, 5.41) is 13.3. The standard InChI is InChI=1S/C9H15FN2O/c1-7(2)6-12-8(3-4-11-12)9(13)5-10/h3-4,7,9,13H,5-6H2,1-2H3. The number of halogens is 1. The second kappa shape index (κ2) is 4.37. The zero-order chi connectivity index (χ0) is 9.84. The SMILES string of the molecule is CC(C)Cn1nccc1C(O)CF. The molecule has 0 aliphatic rings. The van der Waals surface area contributed by atoms with E-state index < -0.39 is 12.8 Å². The molecule has 0 amide bonds. The van der Waals surface area contributed by atoms with Gasteiger partial charge in [-0.25, -0.2) is 4.39 Å². The number of hydrogen-bond acceptors (Lipinski definition) is 2. The van der Waals surface area contributed by atoms with Crippen LogP contribution in [-0.2, 0) is 6.54 Å². The third-order valence-corrected chi connectivity index (χ3v) is 1.78. The Bertz CT molecular complexity index is 260. The smallest absolute Gasteiger partial charge is 0.124 e. The van der Waals surface area contributed by atoms with Crippen molar-refractivity contribution in [2.75, 3.05) is 6.67 Å². The monoisotopic (exact) mass is 186 g/mol. The lowest BCUT2D eigenvalue weighted by Crippen LogP contribution is -2.13. The molecule has 1 N–H and O–H groups in total. The van der Waals surface area contributed by atoms with Crippen molar-refractivity contribution in [1.29, 1.82) is 0 Å². The van der Waals surface area contributed by atoms with E-state index in [9.17, 15) is 9.50 Å². The fraction of sp³-hybridized carbons (Fsp3) is 0.667. The molecule has 0 saturated carbocycles. The molecule has 1 aromatic rings. The van der Waals surface area contributed by atoms with Gasteiger partial charge in [0.2, 0.25) is 0 Å². The third kappa shape index (κ3) is 2.52. The maximum atomic E-state index is 12.2. The summed E-state index contributed by atoms with van der Waals surface area (Å²) < 4.78 is 13.8. The first kappa shape index (κ1) is 10.2. The highest BCUT2D eigenvalue weighted by atomic mass is 19.1. The predicted octanol–water partition coefficient (Wildman–Crippen LogP) is 1.54. The van der Waals surface area contributed by atoms with E-state index in [4.69, 9.17) is 0 Å². The lowest BCUT2D eigenvalue weighted by molar-refractivity contribution is 0.131. The van der Waals surface area contributed by atoms with Crippen LogP contribution in [0, 0.1) is 5.92 Å². The second-order valence-corrected chi connectivity index (χ2v) is 3.50. The van der Waals surface area contributed by atoms with Crippen LogP contribution in [0.3, 0.4) is 0 Å². The number of alkyl halides is 1.